The molecule has 6 nitrogen and oxygen atoms in total. The number of hydrogen-bond donors (Lipinski definition) is 3. The van der Waals surface area contributed by atoms with Crippen molar-refractivity contribution in [3.8, 4) is 23.0 Å². The highest BCUT2D eigenvalue weighted by molar-refractivity contribution is 7.85. The number of esters is 1. The van der Waals surface area contributed by atoms with Crippen LogP contribution >= 0.6 is 0 Å². The molecule has 0 bridgehead atoms. The van der Waals surface area contributed by atoms with Crippen molar-refractivity contribution in [3.63, 3.8) is 0 Å². The highest BCUT2D eigenvalue weighted by Gasteiger charge is 2.19. The molecular weight excluding hydrogens is 488 g/mol. The molecule has 202 valence electrons. The quantitative estimate of drug-likeness (QED) is 0.0841. The number of allylic oxidation sites excluding steroid dienone is 4. The van der Waals surface area contributed by atoms with Crippen molar-refractivity contribution < 1.29 is 29.1 Å². The molecule has 1 atom stereocenters. The van der Waals surface area contributed by atoms with E-state index in [1.165, 1.54) is 56.0 Å². The third-order valence-electron chi connectivity index (χ3n) is 5.82. The van der Waals surface area contributed by atoms with Gasteiger partial charge in [-0.2, -0.15) is 0 Å². The first kappa shape index (κ1) is 30.2. The van der Waals surface area contributed by atoms with Crippen molar-refractivity contribution in [2.45, 2.75) is 93.8 Å². The summed E-state index contributed by atoms with van der Waals surface area (Å²) < 4.78 is 18.4. The molecule has 0 saturated heterocycles. The maximum atomic E-state index is 13.0. The zero-order valence-corrected chi connectivity index (χ0v) is 22.5. The summed E-state index contributed by atoms with van der Waals surface area (Å²) in [7, 11) is -1.88. The van der Waals surface area contributed by atoms with Gasteiger partial charge >= 0.3 is 5.97 Å². The maximum Gasteiger partial charge on any atom is 0.311 e. The van der Waals surface area contributed by atoms with Crippen LogP contribution in [0, 0.1) is 0 Å². The largest absolute Gasteiger partial charge is 0.508 e. The van der Waals surface area contributed by atoms with Crippen molar-refractivity contribution in [1.29, 1.82) is 0 Å². The predicted octanol–water partition coefficient (Wildman–Crippen LogP) is 7.69. The molecule has 3 N–H and O–H groups in total. The van der Waals surface area contributed by atoms with Gasteiger partial charge in [-0.3, -0.25) is 4.79 Å². The second-order valence-electron chi connectivity index (χ2n) is 9.01. The number of rotatable bonds is 17. The Kier molecular flexibility index (Phi) is 14.2. The average molecular weight is 529 g/mol. The molecule has 2 aromatic carbocycles. The van der Waals surface area contributed by atoms with Gasteiger partial charge in [0, 0.05) is 18.6 Å². The van der Waals surface area contributed by atoms with E-state index in [2.05, 4.69) is 31.2 Å². The Morgan fingerprint density at radius 3 is 2.05 bits per heavy atom. The Labute approximate surface area is 223 Å². The second kappa shape index (κ2) is 17.4. The molecule has 2 aromatic rings. The fourth-order valence-electron chi connectivity index (χ4n) is 3.77. The predicted molar refractivity (Wildman–Crippen MR) is 148 cm³/mol. The lowest BCUT2D eigenvalue weighted by Crippen LogP contribution is -2.09. The van der Waals surface area contributed by atoms with Gasteiger partial charge in [0.1, 0.15) is 17.2 Å². The molecule has 0 aromatic heterocycles. The smallest absolute Gasteiger partial charge is 0.311 e. The van der Waals surface area contributed by atoms with E-state index >= 15 is 0 Å². The van der Waals surface area contributed by atoms with Crippen LogP contribution < -0.4 is 4.74 Å². The lowest BCUT2D eigenvalue weighted by Gasteiger charge is -2.11. The lowest BCUT2D eigenvalue weighted by atomic mass is 10.1. The van der Waals surface area contributed by atoms with Crippen LogP contribution in [0.4, 0.5) is 0 Å². The molecule has 0 radical (unpaired) electrons. The number of benzene rings is 2. The molecule has 0 fully saturated rings. The van der Waals surface area contributed by atoms with Crippen LogP contribution in [0.15, 0.2) is 70.5 Å². The van der Waals surface area contributed by atoms with Crippen molar-refractivity contribution >= 4 is 16.8 Å². The molecule has 0 heterocycles. The van der Waals surface area contributed by atoms with Gasteiger partial charge in [0.15, 0.2) is 5.75 Å². The molecule has 7 heteroatoms. The van der Waals surface area contributed by atoms with Gasteiger partial charge in [-0.1, -0.05) is 63.3 Å². The number of phenols is 3. The minimum atomic E-state index is -1.88. The number of unbranched alkanes of at least 4 members (excludes halogenated alkanes) is 8. The summed E-state index contributed by atoms with van der Waals surface area (Å²) in [5.74, 6) is -1.11. The van der Waals surface area contributed by atoms with Gasteiger partial charge in [0.2, 0.25) is 0 Å². The van der Waals surface area contributed by atoms with Crippen molar-refractivity contribution in [3.05, 3.63) is 60.7 Å². The van der Waals surface area contributed by atoms with Gasteiger partial charge in [-0.05, 0) is 62.8 Å². The summed E-state index contributed by atoms with van der Waals surface area (Å²) in [6.07, 6.45) is 21.1. The van der Waals surface area contributed by atoms with E-state index in [0.29, 0.717) is 6.42 Å². The molecule has 0 amide bonds. The van der Waals surface area contributed by atoms with E-state index in [9.17, 15) is 24.3 Å². The summed E-state index contributed by atoms with van der Waals surface area (Å²) in [6, 6.07) is 7.69. The van der Waals surface area contributed by atoms with E-state index in [4.69, 9.17) is 4.74 Å². The summed E-state index contributed by atoms with van der Waals surface area (Å²) in [5, 5.41) is 29.3. The molecule has 2 rings (SSSR count). The van der Waals surface area contributed by atoms with Crippen LogP contribution in [-0.4, -0.2) is 25.5 Å². The van der Waals surface area contributed by atoms with E-state index in [-0.39, 0.29) is 39.2 Å². The zero-order valence-electron chi connectivity index (χ0n) is 21.7. The van der Waals surface area contributed by atoms with Crippen LogP contribution in [-0.2, 0) is 15.6 Å². The fourth-order valence-corrected chi connectivity index (χ4v) is 4.92. The molecule has 0 saturated carbocycles. The maximum absolute atomic E-state index is 13.0. The standard InChI is InChI=1S/C30H40O6S/c1-2-3-4-5-6-7-8-9-10-11-12-13-14-15-16-17-30(34)36-27-23-25(32)19-21-29(27)37(35)28-20-18-24(31)22-26(28)33/h6-7,9-10,18-23,31-33H,2-5,8,11-17H2,1H3. The van der Waals surface area contributed by atoms with Crippen molar-refractivity contribution in [2.75, 3.05) is 0 Å². The third kappa shape index (κ3) is 11.7. The first-order valence-corrected chi connectivity index (χ1v) is 14.3. The first-order valence-electron chi connectivity index (χ1n) is 13.2. The molecule has 0 aliphatic heterocycles. The Balaban J connectivity index is 1.69. The number of ether oxygens (including phenoxy) is 1. The van der Waals surface area contributed by atoms with Gasteiger partial charge in [0.25, 0.3) is 0 Å². The Bertz CT molecular complexity index is 1060. The highest BCUT2D eigenvalue weighted by atomic mass is 32.2. The van der Waals surface area contributed by atoms with E-state index in [0.717, 1.165) is 44.6 Å². The van der Waals surface area contributed by atoms with Crippen molar-refractivity contribution in [1.82, 2.24) is 0 Å². The molecule has 1 unspecified atom stereocenters. The van der Waals surface area contributed by atoms with Gasteiger partial charge in [-0.25, -0.2) is 4.21 Å². The topological polar surface area (TPSA) is 104 Å². The molecule has 0 aliphatic carbocycles. The van der Waals surface area contributed by atoms with E-state index < -0.39 is 16.8 Å². The van der Waals surface area contributed by atoms with E-state index in [1.54, 1.807) is 0 Å². The molecule has 0 spiro atoms. The SMILES string of the molecule is CCCCCC=CCC=CCCCCCCCC(=O)Oc1cc(O)ccc1S(=O)c1ccc(O)cc1O. The highest BCUT2D eigenvalue weighted by Crippen LogP contribution is 2.34. The number of hydrogen-bond acceptors (Lipinski definition) is 6. The van der Waals surface area contributed by atoms with Gasteiger partial charge in [0.05, 0.1) is 20.6 Å². The molecular formula is C30H40O6S. The number of carbonyl (C=O) groups is 1. The summed E-state index contributed by atoms with van der Waals surface area (Å²) in [4.78, 5) is 12.6. The number of phenolic OH excluding ortho intramolecular Hbond substituents is 3. The van der Waals surface area contributed by atoms with E-state index in [1.807, 2.05) is 0 Å². The molecule has 37 heavy (non-hydrogen) atoms. The monoisotopic (exact) mass is 528 g/mol. The van der Waals surface area contributed by atoms with Crippen molar-refractivity contribution in [2.24, 2.45) is 0 Å². The summed E-state index contributed by atoms with van der Waals surface area (Å²) in [6.45, 7) is 2.22. The third-order valence-corrected chi connectivity index (χ3v) is 7.31. The van der Waals surface area contributed by atoms with Gasteiger partial charge in [-0.15, -0.1) is 0 Å². The van der Waals surface area contributed by atoms with Crippen LogP contribution in [0.5, 0.6) is 23.0 Å². The van der Waals surface area contributed by atoms with Crippen LogP contribution in [0.2, 0.25) is 0 Å². The second-order valence-corrected chi connectivity index (χ2v) is 10.4. The summed E-state index contributed by atoms with van der Waals surface area (Å²) in [5.41, 5.74) is 0. The Morgan fingerprint density at radius 1 is 0.784 bits per heavy atom. The fraction of sp³-hybridized carbons (Fsp3) is 0.433. The Hall–Kier alpha value is -3.06. The number of aromatic hydroxyl groups is 3. The van der Waals surface area contributed by atoms with Crippen LogP contribution in [0.1, 0.15) is 84.0 Å². The zero-order chi connectivity index (χ0) is 26.9. The average Bonchev–Trinajstić information content (AvgIpc) is 2.86. The first-order chi connectivity index (χ1) is 17.9. The minimum absolute atomic E-state index is 0.0154. The normalized spacial score (nSPS) is 12.4. The molecule has 0 aliphatic rings. The lowest BCUT2D eigenvalue weighted by molar-refractivity contribution is -0.134. The Morgan fingerprint density at radius 2 is 1.38 bits per heavy atom. The summed E-state index contributed by atoms with van der Waals surface area (Å²) >= 11 is 0. The number of carbonyl (C=O) groups excluding carboxylic acids is 1. The van der Waals surface area contributed by atoms with Crippen LogP contribution in [0.3, 0.4) is 0 Å². The minimum Gasteiger partial charge on any atom is -0.508 e. The van der Waals surface area contributed by atoms with Gasteiger partial charge < -0.3 is 20.1 Å². The van der Waals surface area contributed by atoms with Crippen LogP contribution in [0.25, 0.3) is 0 Å².